The summed E-state index contributed by atoms with van der Waals surface area (Å²) in [4.78, 5) is 0. The van der Waals surface area contributed by atoms with E-state index in [1.165, 1.54) is 4.57 Å². The smallest absolute Gasteiger partial charge is 0.205 e. The maximum Gasteiger partial charge on any atom is 0.205 e. The molecule has 1 heterocycles. The minimum atomic E-state index is -1.09. The second-order valence-electron chi connectivity index (χ2n) is 7.47. The van der Waals surface area contributed by atoms with E-state index in [-0.39, 0.29) is 11.1 Å². The van der Waals surface area contributed by atoms with Crippen molar-refractivity contribution in [3.63, 3.8) is 0 Å². The quantitative estimate of drug-likeness (QED) is 0.128. The normalized spacial score (nSPS) is 11.4. The number of nitrogens with zero attached hydrogens (tertiary/aromatic N) is 1. The first-order chi connectivity index (χ1) is 15.7. The van der Waals surface area contributed by atoms with E-state index in [1.807, 2.05) is 42.5 Å². The molecule has 8 nitrogen and oxygen atoms in total. The van der Waals surface area contributed by atoms with Gasteiger partial charge in [-0.05, 0) is 29.8 Å². The van der Waals surface area contributed by atoms with Crippen molar-refractivity contribution >= 4 is 37.6 Å². The van der Waals surface area contributed by atoms with Gasteiger partial charge in [0.15, 0.2) is 23.0 Å². The highest BCUT2D eigenvalue weighted by atomic mass is 79.9. The van der Waals surface area contributed by atoms with Crippen LogP contribution in [0.4, 0.5) is 0 Å². The van der Waals surface area contributed by atoms with Gasteiger partial charge in [-0.25, -0.2) is 0 Å². The van der Waals surface area contributed by atoms with E-state index < -0.39 is 45.6 Å². The highest BCUT2D eigenvalue weighted by Gasteiger charge is 2.30. The van der Waals surface area contributed by atoms with Crippen molar-refractivity contribution in [2.75, 3.05) is 0 Å². The molecule has 0 spiro atoms. The van der Waals surface area contributed by atoms with Crippen LogP contribution in [-0.2, 0) is 0 Å². The van der Waals surface area contributed by atoms with Crippen LogP contribution in [0.5, 0.6) is 40.2 Å². The summed E-state index contributed by atoms with van der Waals surface area (Å²) in [5.41, 5.74) is 1.58. The summed E-state index contributed by atoms with van der Waals surface area (Å²) in [5, 5.41) is 73.0. The van der Waals surface area contributed by atoms with Crippen LogP contribution in [0.2, 0.25) is 0 Å². The van der Waals surface area contributed by atoms with Gasteiger partial charge in [0.05, 0.1) is 22.0 Å². The lowest BCUT2D eigenvalue weighted by atomic mass is 10.0. The van der Waals surface area contributed by atoms with Gasteiger partial charge in [-0.3, -0.25) is 0 Å². The SMILES string of the molecule is Oc1c(O)c(O)c2c(-n3c(-c4ccccc4)cc4cc(Br)ccc43)c(O)c(O)c(O)c2c1O. The van der Waals surface area contributed by atoms with E-state index in [0.717, 1.165) is 15.4 Å². The highest BCUT2D eigenvalue weighted by Crippen LogP contribution is 2.58. The van der Waals surface area contributed by atoms with Gasteiger partial charge < -0.3 is 40.3 Å². The van der Waals surface area contributed by atoms with Gasteiger partial charge in [-0.15, -0.1) is 0 Å². The molecule has 1 aromatic heterocycles. The summed E-state index contributed by atoms with van der Waals surface area (Å²) >= 11 is 3.43. The summed E-state index contributed by atoms with van der Waals surface area (Å²) in [5.74, 6) is -6.78. The Morgan fingerprint density at radius 3 is 1.79 bits per heavy atom. The Balaban J connectivity index is 2.07. The second-order valence-corrected chi connectivity index (χ2v) is 8.39. The topological polar surface area (TPSA) is 147 Å². The molecule has 0 amide bonds. The van der Waals surface area contributed by atoms with Gasteiger partial charge in [-0.1, -0.05) is 46.3 Å². The molecule has 0 aliphatic carbocycles. The second kappa shape index (κ2) is 7.14. The average Bonchev–Trinajstić information content (AvgIpc) is 3.18. The first-order valence-electron chi connectivity index (χ1n) is 9.65. The number of aromatic hydroxyl groups is 7. The number of fused-ring (bicyclic) bond motifs is 2. The predicted octanol–water partition coefficient (Wildman–Crippen LogP) is 5.15. The zero-order valence-corrected chi connectivity index (χ0v) is 18.2. The third kappa shape index (κ3) is 2.82. The van der Waals surface area contributed by atoms with E-state index in [2.05, 4.69) is 15.9 Å². The zero-order valence-electron chi connectivity index (χ0n) is 16.7. The van der Waals surface area contributed by atoms with Crippen LogP contribution in [0.3, 0.4) is 0 Å². The molecule has 0 aliphatic rings. The van der Waals surface area contributed by atoms with Crippen molar-refractivity contribution < 1.29 is 35.7 Å². The highest BCUT2D eigenvalue weighted by molar-refractivity contribution is 9.10. The van der Waals surface area contributed by atoms with Crippen LogP contribution in [0.25, 0.3) is 38.6 Å². The molecule has 4 aromatic carbocycles. The molecule has 0 fully saturated rings. The zero-order chi connectivity index (χ0) is 23.6. The fourth-order valence-electron chi connectivity index (χ4n) is 4.09. The molecule has 0 bridgehead atoms. The lowest BCUT2D eigenvalue weighted by molar-refractivity contribution is 0.346. The van der Waals surface area contributed by atoms with Crippen LogP contribution in [-0.4, -0.2) is 40.3 Å². The van der Waals surface area contributed by atoms with Crippen LogP contribution < -0.4 is 0 Å². The molecule has 0 unspecified atom stereocenters. The van der Waals surface area contributed by atoms with Crippen LogP contribution in [0.15, 0.2) is 59.1 Å². The van der Waals surface area contributed by atoms with Gasteiger partial charge >= 0.3 is 0 Å². The molecule has 7 N–H and O–H groups in total. The summed E-state index contributed by atoms with van der Waals surface area (Å²) in [6.07, 6.45) is 0. The molecule has 0 atom stereocenters. The molecule has 0 saturated heterocycles. The minimum Gasteiger partial charge on any atom is -0.504 e. The number of phenolic OH excluding ortho intramolecular Hbond substituents is 7. The fourth-order valence-corrected chi connectivity index (χ4v) is 4.47. The number of phenols is 7. The van der Waals surface area contributed by atoms with E-state index in [0.29, 0.717) is 11.2 Å². The number of aromatic nitrogens is 1. The van der Waals surface area contributed by atoms with Gasteiger partial charge in [0.2, 0.25) is 17.2 Å². The van der Waals surface area contributed by atoms with Crippen LogP contribution in [0.1, 0.15) is 0 Å². The maximum atomic E-state index is 10.9. The standard InChI is InChI=1S/C24H16BrNO7/c25-12-6-7-13-11(8-12)9-14(10-4-2-1-3-5-10)26(13)17-15-16(19(28)22(31)21(17)30)20(29)24(33)23(32)18(15)27/h1-9,27-33H. The molecule has 5 rings (SSSR count). The maximum absolute atomic E-state index is 10.9. The van der Waals surface area contributed by atoms with Crippen molar-refractivity contribution in [1.82, 2.24) is 4.57 Å². The number of hydrogen-bond acceptors (Lipinski definition) is 7. The van der Waals surface area contributed by atoms with Gasteiger partial charge in [-0.2, -0.15) is 0 Å². The third-order valence-electron chi connectivity index (χ3n) is 5.60. The Morgan fingerprint density at radius 1 is 0.576 bits per heavy atom. The van der Waals surface area contributed by atoms with E-state index in [9.17, 15) is 35.7 Å². The summed E-state index contributed by atoms with van der Waals surface area (Å²) < 4.78 is 2.31. The summed E-state index contributed by atoms with van der Waals surface area (Å²) in [7, 11) is 0. The molecule has 5 aromatic rings. The molecular weight excluding hydrogens is 494 g/mol. The van der Waals surface area contributed by atoms with Gasteiger partial charge in [0, 0.05) is 9.86 Å². The predicted molar refractivity (Wildman–Crippen MR) is 126 cm³/mol. The Kier molecular flexibility index (Phi) is 4.47. The van der Waals surface area contributed by atoms with E-state index in [4.69, 9.17) is 0 Å². The largest absolute Gasteiger partial charge is 0.504 e. The van der Waals surface area contributed by atoms with Crippen molar-refractivity contribution in [3.8, 4) is 57.2 Å². The molecule has 0 radical (unpaired) electrons. The first kappa shape index (κ1) is 20.7. The van der Waals surface area contributed by atoms with Crippen molar-refractivity contribution in [2.24, 2.45) is 0 Å². The summed E-state index contributed by atoms with van der Waals surface area (Å²) in [6, 6.07) is 16.2. The molecule has 9 heteroatoms. The number of halogens is 1. The monoisotopic (exact) mass is 509 g/mol. The Labute approximate surface area is 194 Å². The fraction of sp³-hybridized carbons (Fsp3) is 0. The Hall–Kier alpha value is -4.24. The molecule has 166 valence electrons. The summed E-state index contributed by atoms with van der Waals surface area (Å²) in [6.45, 7) is 0. The van der Waals surface area contributed by atoms with Crippen molar-refractivity contribution in [3.05, 3.63) is 59.1 Å². The molecule has 0 saturated carbocycles. The number of benzene rings is 4. The lowest BCUT2D eigenvalue weighted by Gasteiger charge is -2.20. The number of hydrogen-bond donors (Lipinski definition) is 7. The van der Waals surface area contributed by atoms with Crippen LogP contribution in [0, 0.1) is 0 Å². The van der Waals surface area contributed by atoms with E-state index in [1.54, 1.807) is 12.1 Å². The molecule has 0 aliphatic heterocycles. The number of rotatable bonds is 2. The first-order valence-corrected chi connectivity index (χ1v) is 10.4. The van der Waals surface area contributed by atoms with Gasteiger partial charge in [0.1, 0.15) is 5.69 Å². The Bertz CT molecular complexity index is 1580. The minimum absolute atomic E-state index is 0.223. The molecular formula is C24H16BrNO7. The lowest BCUT2D eigenvalue weighted by Crippen LogP contribution is -2.00. The average molecular weight is 510 g/mol. The van der Waals surface area contributed by atoms with E-state index >= 15 is 0 Å². The van der Waals surface area contributed by atoms with Gasteiger partial charge in [0.25, 0.3) is 0 Å². The van der Waals surface area contributed by atoms with Crippen molar-refractivity contribution in [2.45, 2.75) is 0 Å². The Morgan fingerprint density at radius 2 is 1.15 bits per heavy atom. The van der Waals surface area contributed by atoms with Crippen molar-refractivity contribution in [1.29, 1.82) is 0 Å². The van der Waals surface area contributed by atoms with Crippen LogP contribution >= 0.6 is 15.9 Å². The third-order valence-corrected chi connectivity index (χ3v) is 6.09. The molecule has 33 heavy (non-hydrogen) atoms.